The molecule has 0 aromatic carbocycles. The summed E-state index contributed by atoms with van der Waals surface area (Å²) in [6.45, 7) is 9.94. The van der Waals surface area contributed by atoms with Crippen molar-refractivity contribution >= 4 is 24.2 Å². The van der Waals surface area contributed by atoms with Gasteiger partial charge in [0.2, 0.25) is 0 Å². The summed E-state index contributed by atoms with van der Waals surface area (Å²) in [6, 6.07) is 0. The molecule has 2 fully saturated rings. The van der Waals surface area contributed by atoms with Gasteiger partial charge in [-0.3, -0.25) is 9.59 Å². The van der Waals surface area contributed by atoms with Crippen LogP contribution in [0, 0.1) is 0 Å². The average molecular weight is 452 g/mol. The molecule has 176 valence electrons. The molecule has 32 heavy (non-hydrogen) atoms. The molecule has 2 aliphatic heterocycles. The second-order valence-corrected chi connectivity index (χ2v) is 8.35. The second-order valence-electron chi connectivity index (χ2n) is 8.35. The van der Waals surface area contributed by atoms with E-state index < -0.39 is 35.5 Å². The Balaban J connectivity index is 1.72. The number of rotatable bonds is 8. The van der Waals surface area contributed by atoms with Crippen molar-refractivity contribution in [2.75, 3.05) is 13.2 Å². The third kappa shape index (κ3) is 6.60. The van der Waals surface area contributed by atoms with Crippen LogP contribution in [-0.2, 0) is 38.0 Å². The maximum atomic E-state index is 11.9. The van der Waals surface area contributed by atoms with Crippen LogP contribution in [0.3, 0.4) is 0 Å². The molecule has 2 heterocycles. The molecule has 2 saturated heterocycles. The number of cyclic esters (lactones) is 4. The molecule has 0 aromatic rings. The zero-order valence-electron chi connectivity index (χ0n) is 19.1. The summed E-state index contributed by atoms with van der Waals surface area (Å²) >= 11 is 0. The van der Waals surface area contributed by atoms with E-state index in [2.05, 4.69) is 0 Å². The summed E-state index contributed by atoms with van der Waals surface area (Å²) in [5.41, 5.74) is -0.699. The Hall–Kier alpha value is -3.30. The average Bonchev–Trinajstić information content (AvgIpc) is 3.13. The third-order valence-electron chi connectivity index (χ3n) is 4.55. The van der Waals surface area contributed by atoms with Crippen molar-refractivity contribution in [3.63, 3.8) is 0 Å². The zero-order chi connectivity index (χ0) is 24.1. The SMILES string of the molecule is C/C(COC(=O)CC=CCC(=O)OC/C(C)=C1/OC(=O)OC1(C)C)=C1\OC(=O)OC1(C)C. The smallest absolute Gasteiger partial charge is 0.461 e. The van der Waals surface area contributed by atoms with Crippen molar-refractivity contribution < 1.29 is 47.6 Å². The molecule has 0 amide bonds. The maximum Gasteiger partial charge on any atom is 0.514 e. The monoisotopic (exact) mass is 452 g/mol. The highest BCUT2D eigenvalue weighted by Gasteiger charge is 2.41. The number of esters is 2. The van der Waals surface area contributed by atoms with Crippen molar-refractivity contribution in [3.8, 4) is 0 Å². The fraction of sp³-hybridized carbons (Fsp3) is 0.545. The van der Waals surface area contributed by atoms with Gasteiger partial charge < -0.3 is 28.4 Å². The van der Waals surface area contributed by atoms with Crippen LogP contribution in [0.5, 0.6) is 0 Å². The Morgan fingerprint density at radius 2 is 1.09 bits per heavy atom. The fourth-order valence-electron chi connectivity index (χ4n) is 3.15. The van der Waals surface area contributed by atoms with Crippen molar-refractivity contribution in [1.82, 2.24) is 0 Å². The van der Waals surface area contributed by atoms with Crippen LogP contribution in [0.1, 0.15) is 54.4 Å². The summed E-state index contributed by atoms with van der Waals surface area (Å²) in [7, 11) is 0. The topological polar surface area (TPSA) is 124 Å². The highest BCUT2D eigenvalue weighted by molar-refractivity contribution is 5.73. The van der Waals surface area contributed by atoms with E-state index in [-0.39, 0.29) is 26.1 Å². The van der Waals surface area contributed by atoms with E-state index in [9.17, 15) is 19.2 Å². The molecule has 0 aromatic heterocycles. The van der Waals surface area contributed by atoms with Crippen LogP contribution < -0.4 is 0 Å². The second kappa shape index (κ2) is 9.88. The van der Waals surface area contributed by atoms with Gasteiger partial charge in [-0.25, -0.2) is 9.59 Å². The summed E-state index contributed by atoms with van der Waals surface area (Å²) in [5, 5.41) is 0. The maximum absolute atomic E-state index is 11.9. The molecular weight excluding hydrogens is 424 g/mol. The lowest BCUT2D eigenvalue weighted by molar-refractivity contribution is -0.142. The first-order chi connectivity index (χ1) is 14.8. The Morgan fingerprint density at radius 1 is 0.750 bits per heavy atom. The number of carbonyl (C=O) groups is 4. The van der Waals surface area contributed by atoms with Crippen LogP contribution in [0.25, 0.3) is 0 Å². The molecule has 0 atom stereocenters. The number of hydrogen-bond donors (Lipinski definition) is 0. The molecule has 0 aliphatic carbocycles. The molecule has 0 unspecified atom stereocenters. The van der Waals surface area contributed by atoms with E-state index >= 15 is 0 Å². The predicted molar refractivity (Wildman–Crippen MR) is 109 cm³/mol. The standard InChI is InChI=1S/C22H28O10/c1-13(17-21(3,4)31-19(25)29-17)11-27-15(23)9-7-8-10-16(24)28-12-14(2)18-22(5,6)32-20(26)30-18/h7-8H,9-12H2,1-6H3/b8-7?,17-13+,18-14+. The predicted octanol–water partition coefficient (Wildman–Crippen LogP) is 3.85. The van der Waals surface area contributed by atoms with Crippen molar-refractivity contribution in [3.05, 3.63) is 34.8 Å². The Labute approximate surface area is 186 Å². The van der Waals surface area contributed by atoms with Gasteiger partial charge in [-0.1, -0.05) is 12.2 Å². The van der Waals surface area contributed by atoms with E-state index in [1.807, 2.05) is 0 Å². The normalized spacial score (nSPS) is 21.9. The van der Waals surface area contributed by atoms with E-state index in [0.29, 0.717) is 22.7 Å². The molecule has 2 aliphatic rings. The molecular formula is C22H28O10. The first-order valence-electron chi connectivity index (χ1n) is 10.00. The minimum absolute atomic E-state index is 0.0415. The zero-order valence-corrected chi connectivity index (χ0v) is 19.1. The van der Waals surface area contributed by atoms with Crippen LogP contribution in [-0.4, -0.2) is 48.7 Å². The lowest BCUT2D eigenvalue weighted by atomic mass is 10.0. The van der Waals surface area contributed by atoms with Crippen molar-refractivity contribution in [2.45, 2.75) is 65.6 Å². The summed E-state index contributed by atoms with van der Waals surface area (Å²) in [5.74, 6) is -0.380. The van der Waals surface area contributed by atoms with E-state index in [1.165, 1.54) is 12.2 Å². The molecule has 0 radical (unpaired) electrons. The van der Waals surface area contributed by atoms with Gasteiger partial charge in [-0.15, -0.1) is 0 Å². The molecule has 0 saturated carbocycles. The van der Waals surface area contributed by atoms with Gasteiger partial charge in [0.15, 0.2) is 22.7 Å². The van der Waals surface area contributed by atoms with Gasteiger partial charge in [0, 0.05) is 11.1 Å². The van der Waals surface area contributed by atoms with Gasteiger partial charge in [0.05, 0.1) is 12.8 Å². The molecule has 10 nitrogen and oxygen atoms in total. The fourth-order valence-corrected chi connectivity index (χ4v) is 3.15. The van der Waals surface area contributed by atoms with Gasteiger partial charge in [0.1, 0.15) is 13.2 Å². The molecule has 2 rings (SSSR count). The number of hydrogen-bond acceptors (Lipinski definition) is 10. The van der Waals surface area contributed by atoms with Crippen molar-refractivity contribution in [1.29, 1.82) is 0 Å². The third-order valence-corrected chi connectivity index (χ3v) is 4.55. The van der Waals surface area contributed by atoms with Crippen LogP contribution in [0.4, 0.5) is 9.59 Å². The molecule has 0 spiro atoms. The van der Waals surface area contributed by atoms with Crippen LogP contribution >= 0.6 is 0 Å². The van der Waals surface area contributed by atoms with Gasteiger partial charge in [0.25, 0.3) is 0 Å². The van der Waals surface area contributed by atoms with Crippen molar-refractivity contribution in [2.24, 2.45) is 0 Å². The minimum Gasteiger partial charge on any atom is -0.461 e. The van der Waals surface area contributed by atoms with E-state index in [4.69, 9.17) is 28.4 Å². The van der Waals surface area contributed by atoms with Crippen LogP contribution in [0.2, 0.25) is 0 Å². The lowest BCUT2D eigenvalue weighted by Crippen LogP contribution is -2.22. The summed E-state index contributed by atoms with van der Waals surface area (Å²) in [4.78, 5) is 46.3. The Bertz CT molecular complexity index is 816. The quantitative estimate of drug-likeness (QED) is 0.305. The molecule has 0 bridgehead atoms. The molecule has 10 heteroatoms. The number of ether oxygens (including phenoxy) is 6. The van der Waals surface area contributed by atoms with Gasteiger partial charge in [-0.2, -0.15) is 0 Å². The largest absolute Gasteiger partial charge is 0.514 e. The van der Waals surface area contributed by atoms with Crippen LogP contribution in [0.15, 0.2) is 34.8 Å². The van der Waals surface area contributed by atoms with Gasteiger partial charge in [-0.05, 0) is 41.5 Å². The summed E-state index contributed by atoms with van der Waals surface area (Å²) < 4.78 is 30.4. The number of carbonyl (C=O) groups excluding carboxylic acids is 4. The Morgan fingerprint density at radius 3 is 1.38 bits per heavy atom. The first-order valence-corrected chi connectivity index (χ1v) is 10.00. The summed E-state index contributed by atoms with van der Waals surface area (Å²) in [6.07, 6.45) is 1.32. The highest BCUT2D eigenvalue weighted by atomic mass is 16.8. The van der Waals surface area contributed by atoms with Gasteiger partial charge >= 0.3 is 24.2 Å². The molecule has 0 N–H and O–H groups in total. The minimum atomic E-state index is -0.912. The lowest BCUT2D eigenvalue weighted by Gasteiger charge is -2.16. The van der Waals surface area contributed by atoms with E-state index in [1.54, 1.807) is 41.5 Å². The Kier molecular flexibility index (Phi) is 7.71. The highest BCUT2D eigenvalue weighted by Crippen LogP contribution is 2.33. The first kappa shape index (κ1) is 25.0. The van der Waals surface area contributed by atoms with E-state index in [0.717, 1.165) is 0 Å².